The Balaban J connectivity index is 1.44. The summed E-state index contributed by atoms with van der Waals surface area (Å²) in [6.45, 7) is 3.26. The van der Waals surface area contributed by atoms with E-state index in [9.17, 15) is 14.0 Å². The number of amides is 1. The van der Waals surface area contributed by atoms with Gasteiger partial charge in [0.05, 0.1) is 31.5 Å². The predicted molar refractivity (Wildman–Crippen MR) is 117 cm³/mol. The number of fused-ring (bicyclic) bond motifs is 1. The summed E-state index contributed by atoms with van der Waals surface area (Å²) in [6, 6.07) is 13.0. The van der Waals surface area contributed by atoms with Crippen molar-refractivity contribution in [3.8, 4) is 5.75 Å². The van der Waals surface area contributed by atoms with Crippen LogP contribution in [-0.2, 0) is 13.1 Å². The molecule has 164 valence electrons. The quantitative estimate of drug-likeness (QED) is 0.459. The van der Waals surface area contributed by atoms with Crippen molar-refractivity contribution in [3.05, 3.63) is 88.4 Å². The third-order valence-electron chi connectivity index (χ3n) is 4.93. The molecule has 0 fully saturated rings. The fourth-order valence-electron chi connectivity index (χ4n) is 3.37. The van der Waals surface area contributed by atoms with Crippen molar-refractivity contribution in [1.29, 1.82) is 0 Å². The van der Waals surface area contributed by atoms with Crippen LogP contribution in [0.5, 0.6) is 5.75 Å². The standard InChI is InChI=1S/C23H22FN5O3/c1-2-32-20-6-4-3-5-18(20)22(30)25-11-12-29-21-19(13-27-29)23(31)28(15-26-21)14-16-7-9-17(24)10-8-16/h3-10,13,15H,2,11-12,14H2,1H3,(H,25,30). The zero-order valence-corrected chi connectivity index (χ0v) is 17.5. The zero-order chi connectivity index (χ0) is 22.5. The van der Waals surface area contributed by atoms with Gasteiger partial charge in [0, 0.05) is 6.54 Å². The lowest BCUT2D eigenvalue weighted by molar-refractivity contribution is 0.0948. The van der Waals surface area contributed by atoms with E-state index in [-0.39, 0.29) is 23.8 Å². The summed E-state index contributed by atoms with van der Waals surface area (Å²) in [5, 5.41) is 7.47. The summed E-state index contributed by atoms with van der Waals surface area (Å²) in [5.74, 6) is -0.0510. The molecule has 0 bridgehead atoms. The van der Waals surface area contributed by atoms with Gasteiger partial charge in [-0.1, -0.05) is 24.3 Å². The average Bonchev–Trinajstić information content (AvgIpc) is 3.21. The predicted octanol–water partition coefficient (Wildman–Crippen LogP) is 2.61. The van der Waals surface area contributed by atoms with E-state index in [1.54, 1.807) is 35.0 Å². The van der Waals surface area contributed by atoms with Crippen molar-refractivity contribution in [3.63, 3.8) is 0 Å². The smallest absolute Gasteiger partial charge is 0.264 e. The molecule has 2 aromatic carbocycles. The number of aromatic nitrogens is 4. The molecule has 9 heteroatoms. The zero-order valence-electron chi connectivity index (χ0n) is 17.5. The van der Waals surface area contributed by atoms with E-state index in [1.165, 1.54) is 29.2 Å². The number of carbonyl (C=O) groups is 1. The lowest BCUT2D eigenvalue weighted by Crippen LogP contribution is -2.28. The van der Waals surface area contributed by atoms with Gasteiger partial charge < -0.3 is 10.1 Å². The highest BCUT2D eigenvalue weighted by atomic mass is 19.1. The number of hydrogen-bond acceptors (Lipinski definition) is 5. The van der Waals surface area contributed by atoms with Crippen LogP contribution in [0, 0.1) is 5.82 Å². The summed E-state index contributed by atoms with van der Waals surface area (Å²) in [4.78, 5) is 29.7. The fraction of sp³-hybridized carbons (Fsp3) is 0.217. The lowest BCUT2D eigenvalue weighted by Gasteiger charge is -2.10. The van der Waals surface area contributed by atoms with Crippen molar-refractivity contribution in [2.75, 3.05) is 13.2 Å². The molecule has 1 amide bonds. The number of nitrogens with zero attached hydrogens (tertiary/aromatic N) is 4. The molecule has 2 heterocycles. The molecule has 0 spiro atoms. The molecule has 0 unspecified atom stereocenters. The topological polar surface area (TPSA) is 91.0 Å². The van der Waals surface area contributed by atoms with Crippen LogP contribution in [0.2, 0.25) is 0 Å². The van der Waals surface area contributed by atoms with Crippen molar-refractivity contribution in [2.24, 2.45) is 0 Å². The summed E-state index contributed by atoms with van der Waals surface area (Å²) in [6.07, 6.45) is 2.92. The largest absolute Gasteiger partial charge is 0.493 e. The van der Waals surface area contributed by atoms with E-state index < -0.39 is 0 Å². The first-order valence-electron chi connectivity index (χ1n) is 10.2. The van der Waals surface area contributed by atoms with E-state index in [0.717, 1.165) is 5.56 Å². The van der Waals surface area contributed by atoms with Crippen LogP contribution in [0.25, 0.3) is 11.0 Å². The van der Waals surface area contributed by atoms with Gasteiger partial charge in [-0.25, -0.2) is 14.1 Å². The van der Waals surface area contributed by atoms with Crippen molar-refractivity contribution < 1.29 is 13.9 Å². The number of carbonyl (C=O) groups excluding carboxylic acids is 1. The Labute approximate surface area is 183 Å². The van der Waals surface area contributed by atoms with Crippen LogP contribution in [0.3, 0.4) is 0 Å². The molecule has 4 aromatic rings. The van der Waals surface area contributed by atoms with Crippen LogP contribution in [0.1, 0.15) is 22.8 Å². The van der Waals surface area contributed by atoms with Gasteiger partial charge in [-0.05, 0) is 36.8 Å². The van der Waals surface area contributed by atoms with E-state index in [2.05, 4.69) is 15.4 Å². The Morgan fingerprint density at radius 1 is 1.16 bits per heavy atom. The second-order valence-corrected chi connectivity index (χ2v) is 7.09. The Morgan fingerprint density at radius 3 is 2.72 bits per heavy atom. The van der Waals surface area contributed by atoms with Crippen LogP contribution in [0.15, 0.2) is 65.8 Å². The molecular formula is C23H22FN5O3. The molecule has 32 heavy (non-hydrogen) atoms. The number of ether oxygens (including phenoxy) is 1. The number of halogens is 1. The van der Waals surface area contributed by atoms with Gasteiger partial charge >= 0.3 is 0 Å². The minimum Gasteiger partial charge on any atom is -0.493 e. The van der Waals surface area contributed by atoms with Gasteiger partial charge in [0.2, 0.25) is 0 Å². The maximum atomic E-state index is 13.1. The van der Waals surface area contributed by atoms with Crippen LogP contribution >= 0.6 is 0 Å². The molecule has 0 aliphatic carbocycles. The summed E-state index contributed by atoms with van der Waals surface area (Å²) in [5.41, 5.74) is 1.45. The average molecular weight is 435 g/mol. The molecule has 0 aliphatic rings. The van der Waals surface area contributed by atoms with E-state index in [0.29, 0.717) is 42.0 Å². The molecular weight excluding hydrogens is 413 g/mol. The van der Waals surface area contributed by atoms with Gasteiger partial charge in [0.15, 0.2) is 5.65 Å². The lowest BCUT2D eigenvalue weighted by atomic mass is 10.2. The highest BCUT2D eigenvalue weighted by Crippen LogP contribution is 2.17. The number of rotatable bonds is 8. The molecule has 4 rings (SSSR count). The fourth-order valence-corrected chi connectivity index (χ4v) is 3.37. The third kappa shape index (κ3) is 4.51. The first-order valence-corrected chi connectivity index (χ1v) is 10.2. The number of hydrogen-bond donors (Lipinski definition) is 1. The maximum absolute atomic E-state index is 13.1. The van der Waals surface area contributed by atoms with E-state index in [4.69, 9.17) is 4.74 Å². The van der Waals surface area contributed by atoms with E-state index in [1.807, 2.05) is 13.0 Å². The van der Waals surface area contributed by atoms with Gasteiger partial charge in [0.1, 0.15) is 23.3 Å². The summed E-state index contributed by atoms with van der Waals surface area (Å²) in [7, 11) is 0. The third-order valence-corrected chi connectivity index (χ3v) is 4.93. The second kappa shape index (κ2) is 9.42. The van der Waals surface area contributed by atoms with Crippen LogP contribution in [-0.4, -0.2) is 38.4 Å². The summed E-state index contributed by atoms with van der Waals surface area (Å²) < 4.78 is 21.6. The molecule has 0 atom stereocenters. The molecule has 8 nitrogen and oxygen atoms in total. The minimum absolute atomic E-state index is 0.236. The molecule has 0 saturated heterocycles. The number of para-hydroxylation sites is 1. The Morgan fingerprint density at radius 2 is 1.94 bits per heavy atom. The van der Waals surface area contributed by atoms with Crippen molar-refractivity contribution in [2.45, 2.75) is 20.0 Å². The maximum Gasteiger partial charge on any atom is 0.264 e. The van der Waals surface area contributed by atoms with Gasteiger partial charge in [-0.2, -0.15) is 5.10 Å². The van der Waals surface area contributed by atoms with Gasteiger partial charge in [0.25, 0.3) is 11.5 Å². The first kappa shape index (κ1) is 21.2. The van der Waals surface area contributed by atoms with Crippen molar-refractivity contribution >= 4 is 16.9 Å². The molecule has 0 radical (unpaired) electrons. The highest BCUT2D eigenvalue weighted by Gasteiger charge is 2.13. The number of benzene rings is 2. The van der Waals surface area contributed by atoms with E-state index >= 15 is 0 Å². The number of nitrogens with one attached hydrogen (secondary N) is 1. The molecule has 0 aliphatic heterocycles. The normalized spacial score (nSPS) is 10.9. The summed E-state index contributed by atoms with van der Waals surface area (Å²) >= 11 is 0. The molecule has 1 N–H and O–H groups in total. The molecule has 2 aromatic heterocycles. The highest BCUT2D eigenvalue weighted by molar-refractivity contribution is 5.96. The Hall–Kier alpha value is -4.01. The van der Waals surface area contributed by atoms with Gasteiger partial charge in [-0.3, -0.25) is 14.2 Å². The Kier molecular flexibility index (Phi) is 6.25. The first-order chi connectivity index (χ1) is 15.6. The second-order valence-electron chi connectivity index (χ2n) is 7.09. The van der Waals surface area contributed by atoms with Gasteiger partial charge in [-0.15, -0.1) is 0 Å². The van der Waals surface area contributed by atoms with Crippen LogP contribution < -0.4 is 15.6 Å². The SMILES string of the molecule is CCOc1ccccc1C(=O)NCCn1ncc2c(=O)n(Cc3ccc(F)cc3)cnc21. The molecule has 0 saturated carbocycles. The monoisotopic (exact) mass is 435 g/mol. The Bertz CT molecular complexity index is 1300. The minimum atomic E-state index is -0.329. The van der Waals surface area contributed by atoms with Crippen molar-refractivity contribution in [1.82, 2.24) is 24.6 Å². The van der Waals surface area contributed by atoms with Crippen LogP contribution in [0.4, 0.5) is 4.39 Å².